The maximum absolute atomic E-state index is 9.22. The summed E-state index contributed by atoms with van der Waals surface area (Å²) in [6, 6.07) is 0. The normalized spacial score (nSPS) is 15.8. The van der Waals surface area contributed by atoms with Gasteiger partial charge in [0.25, 0.3) is 0 Å². The molecule has 1 heteroatoms. The van der Waals surface area contributed by atoms with Crippen LogP contribution >= 0.6 is 0 Å². The van der Waals surface area contributed by atoms with Crippen LogP contribution < -0.4 is 0 Å². The van der Waals surface area contributed by atoms with Crippen molar-refractivity contribution in [1.82, 2.24) is 0 Å². The van der Waals surface area contributed by atoms with Gasteiger partial charge in [0.1, 0.15) is 0 Å². The molecule has 98 valence electrons. The van der Waals surface area contributed by atoms with E-state index in [1.54, 1.807) is 13.8 Å². The first-order chi connectivity index (χ1) is 7.40. The van der Waals surface area contributed by atoms with Gasteiger partial charge in [-0.1, -0.05) is 58.4 Å². The van der Waals surface area contributed by atoms with Crippen molar-refractivity contribution in [2.45, 2.75) is 85.7 Å². The Morgan fingerprint density at radius 2 is 1.31 bits per heavy atom. The lowest BCUT2D eigenvalue weighted by atomic mass is 10.0. The highest BCUT2D eigenvalue weighted by molar-refractivity contribution is 5.08. The molecule has 0 bridgehead atoms. The first kappa shape index (κ1) is 18.1. The maximum atomic E-state index is 9.22. The van der Waals surface area contributed by atoms with Gasteiger partial charge in [0.2, 0.25) is 0 Å². The molecular weight excluding hydrogens is 196 g/mol. The Bertz CT molecular complexity index is 151. The van der Waals surface area contributed by atoms with E-state index in [1.165, 1.54) is 38.5 Å². The second-order valence-electron chi connectivity index (χ2n) is 5.01. The Morgan fingerprint density at radius 1 is 1.06 bits per heavy atom. The van der Waals surface area contributed by atoms with E-state index < -0.39 is 5.60 Å². The van der Waals surface area contributed by atoms with Crippen molar-refractivity contribution in [3.8, 4) is 0 Å². The predicted molar refractivity (Wildman–Crippen MR) is 74.8 cm³/mol. The van der Waals surface area contributed by atoms with Gasteiger partial charge in [0.05, 0.1) is 5.60 Å². The number of hydrogen-bond donors (Lipinski definition) is 1. The van der Waals surface area contributed by atoms with Crippen molar-refractivity contribution >= 4 is 0 Å². The molecule has 0 aromatic heterocycles. The highest BCUT2D eigenvalue weighted by Gasteiger charge is 2.12. The van der Waals surface area contributed by atoms with Crippen molar-refractivity contribution < 1.29 is 5.11 Å². The molecular formula is C15H32O. The lowest BCUT2D eigenvalue weighted by molar-refractivity contribution is 0.120. The second-order valence-corrected chi connectivity index (χ2v) is 5.01. The number of allylic oxidation sites excluding steroid dienone is 1. The molecule has 0 aromatic rings. The number of aliphatic hydroxyl groups is 1. The average molecular weight is 228 g/mol. The van der Waals surface area contributed by atoms with E-state index in [2.05, 4.69) is 13.8 Å². The molecule has 1 rings (SSSR count). The molecule has 0 unspecified atom stereocenters. The van der Waals surface area contributed by atoms with Crippen molar-refractivity contribution in [1.29, 1.82) is 0 Å². The first-order valence-electron chi connectivity index (χ1n) is 6.75. The minimum absolute atomic E-state index is 0.630. The zero-order valence-electron chi connectivity index (χ0n) is 12.3. The standard InChI is InChI=1S/C7H14O.C5H10.C3H8/c1-5-6(2)7(3,4)8;1-2-4-5-3-1;1-3-2/h5,8H,1-4H3;1-5H2;3H2,1-2H3/b6-5+;;. The van der Waals surface area contributed by atoms with Gasteiger partial charge < -0.3 is 5.11 Å². The molecule has 1 aliphatic rings. The maximum Gasteiger partial charge on any atom is 0.0797 e. The minimum atomic E-state index is -0.630. The Kier molecular flexibility index (Phi) is 12.6. The van der Waals surface area contributed by atoms with Crippen LogP contribution in [0.2, 0.25) is 0 Å². The Morgan fingerprint density at radius 3 is 1.38 bits per heavy atom. The summed E-state index contributed by atoms with van der Waals surface area (Å²) in [4.78, 5) is 0. The second kappa shape index (κ2) is 11.2. The van der Waals surface area contributed by atoms with Crippen molar-refractivity contribution in [3.05, 3.63) is 11.6 Å². The third-order valence-electron chi connectivity index (χ3n) is 2.65. The van der Waals surface area contributed by atoms with E-state index in [9.17, 15) is 5.11 Å². The van der Waals surface area contributed by atoms with Gasteiger partial charge >= 0.3 is 0 Å². The number of rotatable bonds is 1. The Balaban J connectivity index is 0. The molecule has 0 heterocycles. The molecule has 0 aromatic carbocycles. The van der Waals surface area contributed by atoms with Gasteiger partial charge in [0, 0.05) is 0 Å². The predicted octanol–water partition coefficient (Wildman–Crippen LogP) is 5.09. The molecule has 0 spiro atoms. The van der Waals surface area contributed by atoms with Crippen LogP contribution in [0.15, 0.2) is 11.6 Å². The van der Waals surface area contributed by atoms with Crippen LogP contribution in [0.1, 0.15) is 80.1 Å². The van der Waals surface area contributed by atoms with E-state index in [0.717, 1.165) is 5.57 Å². The molecule has 1 saturated carbocycles. The zero-order valence-corrected chi connectivity index (χ0v) is 12.3. The molecule has 0 aliphatic heterocycles. The van der Waals surface area contributed by atoms with Gasteiger partial charge in [0.15, 0.2) is 0 Å². The molecule has 1 aliphatic carbocycles. The van der Waals surface area contributed by atoms with Crippen molar-refractivity contribution in [2.24, 2.45) is 0 Å². The highest BCUT2D eigenvalue weighted by atomic mass is 16.3. The summed E-state index contributed by atoms with van der Waals surface area (Å²) in [6.45, 7) is 11.7. The summed E-state index contributed by atoms with van der Waals surface area (Å²) in [7, 11) is 0. The summed E-state index contributed by atoms with van der Waals surface area (Å²) in [5.41, 5.74) is 0.381. The average Bonchev–Trinajstić information content (AvgIpc) is 2.74. The van der Waals surface area contributed by atoms with Crippen LogP contribution in [0, 0.1) is 0 Å². The number of hydrogen-bond acceptors (Lipinski definition) is 1. The molecule has 1 fully saturated rings. The van der Waals surface area contributed by atoms with Crippen molar-refractivity contribution in [3.63, 3.8) is 0 Å². The van der Waals surface area contributed by atoms with Gasteiger partial charge in [-0.25, -0.2) is 0 Å². The summed E-state index contributed by atoms with van der Waals surface area (Å²) in [5.74, 6) is 0. The fraction of sp³-hybridized carbons (Fsp3) is 0.867. The van der Waals surface area contributed by atoms with E-state index in [-0.39, 0.29) is 0 Å². The van der Waals surface area contributed by atoms with E-state index in [0.29, 0.717) is 0 Å². The summed E-state index contributed by atoms with van der Waals surface area (Å²) < 4.78 is 0. The lowest BCUT2D eigenvalue weighted by Crippen LogP contribution is -2.19. The van der Waals surface area contributed by atoms with Crippen LogP contribution in [0.4, 0.5) is 0 Å². The lowest BCUT2D eigenvalue weighted by Gasteiger charge is -2.17. The molecule has 1 nitrogen and oxygen atoms in total. The summed E-state index contributed by atoms with van der Waals surface area (Å²) in [6.07, 6.45) is 10.7. The Hall–Kier alpha value is -0.300. The highest BCUT2D eigenvalue weighted by Crippen LogP contribution is 2.15. The van der Waals surface area contributed by atoms with Crippen LogP contribution in [0.5, 0.6) is 0 Å². The fourth-order valence-corrected chi connectivity index (χ4v) is 1.24. The smallest absolute Gasteiger partial charge is 0.0797 e. The van der Waals surface area contributed by atoms with Gasteiger partial charge in [-0.15, -0.1) is 0 Å². The quantitative estimate of drug-likeness (QED) is 0.620. The molecule has 1 N–H and O–H groups in total. The first-order valence-corrected chi connectivity index (χ1v) is 6.75. The summed E-state index contributed by atoms with van der Waals surface area (Å²) >= 11 is 0. The Labute approximate surface area is 103 Å². The van der Waals surface area contributed by atoms with E-state index in [4.69, 9.17) is 0 Å². The molecule has 0 radical (unpaired) electrons. The van der Waals surface area contributed by atoms with Gasteiger partial charge in [-0.3, -0.25) is 0 Å². The van der Waals surface area contributed by atoms with Crippen LogP contribution in [-0.2, 0) is 0 Å². The monoisotopic (exact) mass is 228 g/mol. The van der Waals surface area contributed by atoms with Crippen LogP contribution in [0.25, 0.3) is 0 Å². The summed E-state index contributed by atoms with van der Waals surface area (Å²) in [5, 5.41) is 9.22. The fourth-order valence-electron chi connectivity index (χ4n) is 1.24. The van der Waals surface area contributed by atoms with Gasteiger partial charge in [-0.05, 0) is 33.3 Å². The molecule has 16 heavy (non-hydrogen) atoms. The molecule has 0 saturated heterocycles. The third kappa shape index (κ3) is 13.7. The van der Waals surface area contributed by atoms with Crippen LogP contribution in [0.3, 0.4) is 0 Å². The zero-order chi connectivity index (χ0) is 13.0. The third-order valence-corrected chi connectivity index (χ3v) is 2.65. The largest absolute Gasteiger partial charge is 0.386 e. The van der Waals surface area contributed by atoms with E-state index in [1.807, 2.05) is 19.9 Å². The van der Waals surface area contributed by atoms with E-state index >= 15 is 0 Å². The molecule has 0 atom stereocenters. The SMILES string of the molecule is C/C=C(\C)C(C)(C)O.C1CCCC1.CCC. The van der Waals surface area contributed by atoms with Crippen molar-refractivity contribution in [2.75, 3.05) is 0 Å². The van der Waals surface area contributed by atoms with Crippen LogP contribution in [-0.4, -0.2) is 10.7 Å². The molecule has 0 amide bonds. The van der Waals surface area contributed by atoms with Gasteiger partial charge in [-0.2, -0.15) is 0 Å². The topological polar surface area (TPSA) is 20.2 Å². The minimum Gasteiger partial charge on any atom is -0.386 e.